The molecule has 2 heterocycles. The van der Waals surface area contributed by atoms with Crippen LogP contribution in [0.15, 0.2) is 35.1 Å². The van der Waals surface area contributed by atoms with Gasteiger partial charge in [-0.05, 0) is 18.6 Å². The number of nitrogens with one attached hydrogen (secondary N) is 1. The number of para-hydroxylation sites is 1. The highest BCUT2D eigenvalue weighted by Crippen LogP contribution is 2.28. The molecular formula is C14H16N2O4S. The number of H-pyrrole nitrogens is 1. The van der Waals surface area contributed by atoms with Crippen LogP contribution in [-0.2, 0) is 9.84 Å². The summed E-state index contributed by atoms with van der Waals surface area (Å²) < 4.78 is 29.8. The van der Waals surface area contributed by atoms with Crippen LogP contribution in [0.4, 0.5) is 0 Å². The Kier molecular flexibility index (Phi) is 3.36. The molecule has 6 nitrogen and oxygen atoms in total. The van der Waals surface area contributed by atoms with E-state index < -0.39 is 9.84 Å². The highest BCUT2D eigenvalue weighted by atomic mass is 32.2. The van der Waals surface area contributed by atoms with Crippen molar-refractivity contribution in [3.8, 4) is 17.0 Å². The number of methoxy groups -OCH3 is 1. The highest BCUT2D eigenvalue weighted by Gasteiger charge is 2.30. The zero-order valence-corrected chi connectivity index (χ0v) is 12.4. The molecule has 7 heteroatoms. The van der Waals surface area contributed by atoms with Gasteiger partial charge in [0.25, 0.3) is 5.56 Å². The van der Waals surface area contributed by atoms with Crippen LogP contribution in [0.25, 0.3) is 11.3 Å². The normalized spacial score (nSPS) is 20.5. The summed E-state index contributed by atoms with van der Waals surface area (Å²) in [6, 6.07) is 8.52. The molecule has 0 bridgehead atoms. The first kappa shape index (κ1) is 13.9. The first-order chi connectivity index (χ1) is 10.00. The van der Waals surface area contributed by atoms with E-state index in [2.05, 4.69) is 5.10 Å². The van der Waals surface area contributed by atoms with Crippen molar-refractivity contribution in [1.82, 2.24) is 9.78 Å². The van der Waals surface area contributed by atoms with Crippen LogP contribution in [0.3, 0.4) is 0 Å². The maximum Gasteiger partial charge on any atom is 0.267 e. The molecule has 1 N–H and O–H groups in total. The third kappa shape index (κ3) is 2.61. The van der Waals surface area contributed by atoms with Gasteiger partial charge < -0.3 is 4.74 Å². The van der Waals surface area contributed by atoms with Crippen LogP contribution >= 0.6 is 0 Å². The number of aromatic amines is 1. The van der Waals surface area contributed by atoms with Gasteiger partial charge in [0.05, 0.1) is 30.4 Å². The van der Waals surface area contributed by atoms with Crippen molar-refractivity contribution in [3.05, 3.63) is 40.7 Å². The van der Waals surface area contributed by atoms with Gasteiger partial charge in [-0.3, -0.25) is 9.89 Å². The van der Waals surface area contributed by atoms with E-state index >= 15 is 0 Å². The number of benzene rings is 1. The highest BCUT2D eigenvalue weighted by molar-refractivity contribution is 7.91. The van der Waals surface area contributed by atoms with E-state index in [0.29, 0.717) is 17.9 Å². The summed E-state index contributed by atoms with van der Waals surface area (Å²) in [7, 11) is -1.47. The van der Waals surface area contributed by atoms with Crippen LogP contribution in [0.2, 0.25) is 0 Å². The molecule has 0 spiro atoms. The van der Waals surface area contributed by atoms with Gasteiger partial charge in [0.1, 0.15) is 5.75 Å². The molecule has 0 saturated carbocycles. The Morgan fingerprint density at radius 3 is 2.76 bits per heavy atom. The van der Waals surface area contributed by atoms with Gasteiger partial charge in [-0.2, -0.15) is 0 Å². The second-order valence-electron chi connectivity index (χ2n) is 5.14. The maximum atomic E-state index is 12.1. The van der Waals surface area contributed by atoms with E-state index in [1.807, 2.05) is 24.3 Å². The average molecular weight is 308 g/mol. The molecule has 3 rings (SSSR count). The zero-order valence-electron chi connectivity index (χ0n) is 11.6. The van der Waals surface area contributed by atoms with Crippen LogP contribution in [0.5, 0.6) is 5.75 Å². The van der Waals surface area contributed by atoms with Crippen LogP contribution in [-0.4, -0.2) is 36.8 Å². The molecule has 0 aliphatic carbocycles. The third-order valence-corrected chi connectivity index (χ3v) is 5.47. The first-order valence-corrected chi connectivity index (χ1v) is 8.48. The van der Waals surface area contributed by atoms with Crippen molar-refractivity contribution >= 4 is 9.84 Å². The second kappa shape index (κ2) is 5.07. The lowest BCUT2D eigenvalue weighted by Gasteiger charge is -2.09. The minimum Gasteiger partial charge on any atom is -0.496 e. The van der Waals surface area contributed by atoms with E-state index in [4.69, 9.17) is 4.74 Å². The topological polar surface area (TPSA) is 81.2 Å². The van der Waals surface area contributed by atoms with Crippen molar-refractivity contribution < 1.29 is 13.2 Å². The Hall–Kier alpha value is -2.02. The lowest BCUT2D eigenvalue weighted by Crippen LogP contribution is -2.22. The molecule has 0 amide bonds. The summed E-state index contributed by atoms with van der Waals surface area (Å²) >= 11 is 0. The molecular weight excluding hydrogens is 292 g/mol. The Morgan fingerprint density at radius 1 is 1.33 bits per heavy atom. The first-order valence-electron chi connectivity index (χ1n) is 6.65. The minimum absolute atomic E-state index is 0.0127. The fourth-order valence-electron chi connectivity index (χ4n) is 2.67. The summed E-state index contributed by atoms with van der Waals surface area (Å²) in [6.45, 7) is 0. The number of ether oxygens (including phenoxy) is 1. The molecule has 0 radical (unpaired) electrons. The molecule has 1 aliphatic rings. The molecule has 1 atom stereocenters. The van der Waals surface area contributed by atoms with Crippen molar-refractivity contribution in [2.24, 2.45) is 0 Å². The summed E-state index contributed by atoms with van der Waals surface area (Å²) in [6.07, 6.45) is 0.466. The second-order valence-corrected chi connectivity index (χ2v) is 7.36. The lowest BCUT2D eigenvalue weighted by molar-refractivity contribution is 0.416. The van der Waals surface area contributed by atoms with Gasteiger partial charge in [0.15, 0.2) is 9.84 Å². The van der Waals surface area contributed by atoms with Crippen LogP contribution < -0.4 is 10.3 Å². The minimum atomic E-state index is -3.03. The van der Waals surface area contributed by atoms with E-state index in [9.17, 15) is 13.2 Å². The van der Waals surface area contributed by atoms with Gasteiger partial charge in [0.2, 0.25) is 0 Å². The van der Waals surface area contributed by atoms with Crippen molar-refractivity contribution in [2.75, 3.05) is 18.6 Å². The molecule has 1 aromatic heterocycles. The third-order valence-electron chi connectivity index (χ3n) is 3.72. The number of rotatable bonds is 3. The molecule has 1 fully saturated rings. The molecule has 2 aromatic rings. The van der Waals surface area contributed by atoms with Crippen molar-refractivity contribution in [2.45, 2.75) is 12.5 Å². The molecule has 21 heavy (non-hydrogen) atoms. The Bertz CT molecular complexity index is 819. The molecule has 0 unspecified atom stereocenters. The summed E-state index contributed by atoms with van der Waals surface area (Å²) in [4.78, 5) is 12.1. The van der Waals surface area contributed by atoms with Gasteiger partial charge in [-0.25, -0.2) is 13.1 Å². The van der Waals surface area contributed by atoms with E-state index in [1.165, 1.54) is 10.7 Å². The standard InChI is InChI=1S/C14H16N2O4S/c1-20-13-5-3-2-4-11(13)12-8-14(17)16(15-12)10-6-7-21(18,19)9-10/h2-5,8,10,15H,6-7,9H2,1H3/t10-/m0/s1. The molecule has 1 aliphatic heterocycles. The maximum absolute atomic E-state index is 12.1. The quantitative estimate of drug-likeness (QED) is 0.924. The Balaban J connectivity index is 2.01. The smallest absolute Gasteiger partial charge is 0.267 e. The number of hydrogen-bond acceptors (Lipinski definition) is 4. The van der Waals surface area contributed by atoms with Crippen molar-refractivity contribution in [1.29, 1.82) is 0 Å². The van der Waals surface area contributed by atoms with E-state index in [0.717, 1.165) is 5.56 Å². The zero-order chi connectivity index (χ0) is 15.0. The van der Waals surface area contributed by atoms with Gasteiger partial charge >= 0.3 is 0 Å². The van der Waals surface area contributed by atoms with Crippen molar-refractivity contribution in [3.63, 3.8) is 0 Å². The van der Waals surface area contributed by atoms with E-state index in [1.54, 1.807) is 7.11 Å². The number of sulfone groups is 1. The Labute approximate surface area is 122 Å². The number of aromatic nitrogens is 2. The van der Waals surface area contributed by atoms with Gasteiger partial charge in [-0.1, -0.05) is 12.1 Å². The summed E-state index contributed by atoms with van der Waals surface area (Å²) in [5.74, 6) is 0.802. The van der Waals surface area contributed by atoms with E-state index in [-0.39, 0.29) is 23.1 Å². The SMILES string of the molecule is COc1ccccc1-c1cc(=O)n([C@H]2CCS(=O)(=O)C2)[nH]1. The summed E-state index contributed by atoms with van der Waals surface area (Å²) in [5, 5.41) is 3.01. The largest absolute Gasteiger partial charge is 0.496 e. The molecule has 1 aromatic carbocycles. The fraction of sp³-hybridized carbons (Fsp3) is 0.357. The summed E-state index contributed by atoms with van der Waals surface area (Å²) in [5.41, 5.74) is 1.18. The molecule has 112 valence electrons. The fourth-order valence-corrected chi connectivity index (χ4v) is 4.37. The number of hydrogen-bond donors (Lipinski definition) is 1. The van der Waals surface area contributed by atoms with Gasteiger partial charge in [0, 0.05) is 11.6 Å². The average Bonchev–Trinajstić information content (AvgIpc) is 3.01. The lowest BCUT2D eigenvalue weighted by atomic mass is 10.1. The predicted molar refractivity (Wildman–Crippen MR) is 79.3 cm³/mol. The van der Waals surface area contributed by atoms with Crippen LogP contribution in [0, 0.1) is 0 Å². The predicted octanol–water partition coefficient (Wildman–Crippen LogP) is 1.21. The Morgan fingerprint density at radius 2 is 2.10 bits per heavy atom. The molecule has 1 saturated heterocycles. The number of nitrogens with zero attached hydrogens (tertiary/aromatic N) is 1. The monoisotopic (exact) mass is 308 g/mol. The van der Waals surface area contributed by atoms with Gasteiger partial charge in [-0.15, -0.1) is 0 Å². The van der Waals surface area contributed by atoms with Crippen LogP contribution in [0.1, 0.15) is 12.5 Å².